The summed E-state index contributed by atoms with van der Waals surface area (Å²) in [6.07, 6.45) is 0. The van der Waals surface area contributed by atoms with E-state index in [1.165, 1.54) is 0 Å². The lowest BCUT2D eigenvalue weighted by molar-refractivity contribution is 0.563. The Hall–Kier alpha value is -6.46. The maximum absolute atomic E-state index is 13.6. The second-order valence-electron chi connectivity index (χ2n) is 12.9. The van der Waals surface area contributed by atoms with Crippen LogP contribution in [0.3, 0.4) is 0 Å². The fourth-order valence-electron chi connectivity index (χ4n) is 7.63. The molecule has 9 rings (SSSR count). The van der Waals surface area contributed by atoms with Crippen molar-refractivity contribution in [3.8, 4) is 33.4 Å². The number of anilines is 1. The Morgan fingerprint density at radius 2 is 0.863 bits per heavy atom. The Labute approximate surface area is 293 Å². The first-order valence-electron chi connectivity index (χ1n) is 17.3. The molecule has 7 aromatic carbocycles. The van der Waals surface area contributed by atoms with Crippen molar-refractivity contribution in [1.29, 1.82) is 0 Å². The van der Waals surface area contributed by atoms with Gasteiger partial charge in [0.05, 0.1) is 11.1 Å². The monoisotopic (exact) mass is 663 g/mol. The molecular formula is C46H33NO4. The van der Waals surface area contributed by atoms with Crippen LogP contribution in [0.5, 0.6) is 0 Å². The van der Waals surface area contributed by atoms with Gasteiger partial charge in [-0.25, -0.2) is 9.59 Å². The van der Waals surface area contributed by atoms with Crippen molar-refractivity contribution in [3.05, 3.63) is 160 Å². The van der Waals surface area contributed by atoms with Crippen molar-refractivity contribution in [1.82, 2.24) is 0 Å². The summed E-state index contributed by atoms with van der Waals surface area (Å²) in [7, 11) is 0. The fourth-order valence-corrected chi connectivity index (χ4v) is 7.63. The third-order valence-corrected chi connectivity index (χ3v) is 10.2. The average molecular weight is 664 g/mol. The zero-order chi connectivity index (χ0) is 34.6. The Bertz CT molecular complexity index is 2950. The molecule has 0 atom stereocenters. The maximum Gasteiger partial charge on any atom is 0.344 e. The van der Waals surface area contributed by atoms with Crippen LogP contribution in [0.4, 0.5) is 5.69 Å². The number of hydrogen-bond acceptors (Lipinski definition) is 5. The lowest BCUT2D eigenvalue weighted by Crippen LogP contribution is -2.21. The molecule has 0 bridgehead atoms. The predicted molar refractivity (Wildman–Crippen MR) is 211 cm³/mol. The van der Waals surface area contributed by atoms with Gasteiger partial charge in [-0.05, 0) is 105 Å². The standard InChI is InChI=1S/C46H33NO4/c1-3-47(4-2)32-22-21-30-24-41(45(48)51-44(30)27-32)39-19-9-15-35-33(13-7-17-37(35)39)34-14-8-18-38-36(34)16-10-20-40(38)42-25-31-23-28-11-5-6-12-29(28)26-43(31)50-46(42)49/h5-27H,3-4H2,1-2H3. The number of benzene rings is 7. The molecule has 246 valence electrons. The topological polar surface area (TPSA) is 63.7 Å². The lowest BCUT2D eigenvalue weighted by atomic mass is 9.89. The van der Waals surface area contributed by atoms with E-state index in [4.69, 9.17) is 8.83 Å². The summed E-state index contributed by atoms with van der Waals surface area (Å²) in [6, 6.07) is 46.6. The van der Waals surface area contributed by atoms with Gasteiger partial charge in [0, 0.05) is 35.6 Å². The summed E-state index contributed by atoms with van der Waals surface area (Å²) in [6.45, 7) is 5.97. The highest BCUT2D eigenvalue weighted by molar-refractivity contribution is 6.12. The molecule has 0 unspecified atom stereocenters. The van der Waals surface area contributed by atoms with Crippen LogP contribution in [0.1, 0.15) is 13.8 Å². The first-order chi connectivity index (χ1) is 25.0. The van der Waals surface area contributed by atoms with Crippen LogP contribution in [-0.4, -0.2) is 13.1 Å². The molecule has 0 aliphatic carbocycles. The second-order valence-corrected chi connectivity index (χ2v) is 12.9. The van der Waals surface area contributed by atoms with Crippen LogP contribution in [0.2, 0.25) is 0 Å². The van der Waals surface area contributed by atoms with Crippen molar-refractivity contribution < 1.29 is 8.83 Å². The van der Waals surface area contributed by atoms with Crippen LogP contribution in [0.15, 0.2) is 158 Å². The van der Waals surface area contributed by atoms with Gasteiger partial charge < -0.3 is 13.7 Å². The van der Waals surface area contributed by atoms with E-state index in [1.807, 2.05) is 84.9 Å². The smallest absolute Gasteiger partial charge is 0.344 e. The average Bonchev–Trinajstić information content (AvgIpc) is 3.16. The molecule has 0 saturated carbocycles. The van der Waals surface area contributed by atoms with Gasteiger partial charge in [0.15, 0.2) is 0 Å². The van der Waals surface area contributed by atoms with Gasteiger partial charge in [-0.3, -0.25) is 0 Å². The minimum atomic E-state index is -0.371. The maximum atomic E-state index is 13.6. The quantitative estimate of drug-likeness (QED) is 0.131. The van der Waals surface area contributed by atoms with E-state index in [9.17, 15) is 9.59 Å². The normalized spacial score (nSPS) is 11.6. The van der Waals surface area contributed by atoms with Gasteiger partial charge in [0.2, 0.25) is 0 Å². The molecule has 0 aliphatic heterocycles. The highest BCUT2D eigenvalue weighted by Gasteiger charge is 2.17. The molecule has 0 aliphatic rings. The van der Waals surface area contributed by atoms with Gasteiger partial charge in [-0.15, -0.1) is 0 Å². The van der Waals surface area contributed by atoms with Gasteiger partial charge in [0.25, 0.3) is 0 Å². The third kappa shape index (κ3) is 5.09. The Kier molecular flexibility index (Phi) is 7.29. The number of nitrogens with zero attached hydrogens (tertiary/aromatic N) is 1. The highest BCUT2D eigenvalue weighted by atomic mass is 16.4. The molecule has 0 spiro atoms. The van der Waals surface area contributed by atoms with Crippen molar-refractivity contribution >= 4 is 59.9 Å². The van der Waals surface area contributed by atoms with Crippen molar-refractivity contribution in [2.24, 2.45) is 0 Å². The Morgan fingerprint density at radius 1 is 0.412 bits per heavy atom. The van der Waals surface area contributed by atoms with E-state index in [-0.39, 0.29) is 11.3 Å². The van der Waals surface area contributed by atoms with Crippen LogP contribution >= 0.6 is 0 Å². The molecule has 0 fully saturated rings. The van der Waals surface area contributed by atoms with E-state index >= 15 is 0 Å². The third-order valence-electron chi connectivity index (χ3n) is 10.2. The summed E-state index contributed by atoms with van der Waals surface area (Å²) < 4.78 is 11.8. The molecular weight excluding hydrogens is 631 g/mol. The molecule has 0 N–H and O–H groups in total. The number of rotatable bonds is 6. The van der Waals surface area contributed by atoms with E-state index in [2.05, 4.69) is 73.3 Å². The summed E-state index contributed by atoms with van der Waals surface area (Å²) in [5, 5.41) is 7.81. The van der Waals surface area contributed by atoms with E-state index in [1.54, 1.807) is 0 Å². The summed E-state index contributed by atoms with van der Waals surface area (Å²) in [5.74, 6) is 0. The predicted octanol–water partition coefficient (Wildman–Crippen LogP) is 11.2. The van der Waals surface area contributed by atoms with E-state index in [0.29, 0.717) is 22.3 Å². The molecule has 2 aromatic heterocycles. The molecule has 0 saturated heterocycles. The molecule has 0 radical (unpaired) electrons. The largest absolute Gasteiger partial charge is 0.422 e. The van der Waals surface area contributed by atoms with Crippen molar-refractivity contribution in [2.45, 2.75) is 13.8 Å². The first kappa shape index (κ1) is 30.6. The molecule has 0 amide bonds. The fraction of sp³-hybridized carbons (Fsp3) is 0.0870. The highest BCUT2D eigenvalue weighted by Crippen LogP contribution is 2.40. The van der Waals surface area contributed by atoms with Crippen molar-refractivity contribution in [2.75, 3.05) is 18.0 Å². The number of hydrogen-bond donors (Lipinski definition) is 0. The molecule has 2 heterocycles. The molecule has 9 aromatic rings. The van der Waals surface area contributed by atoms with Gasteiger partial charge >= 0.3 is 11.3 Å². The molecule has 5 nitrogen and oxygen atoms in total. The first-order valence-corrected chi connectivity index (χ1v) is 17.3. The second kappa shape index (κ2) is 12.1. The van der Waals surface area contributed by atoms with Crippen molar-refractivity contribution in [3.63, 3.8) is 0 Å². The molecule has 51 heavy (non-hydrogen) atoms. The van der Waals surface area contributed by atoms with Crippen LogP contribution in [-0.2, 0) is 0 Å². The minimum absolute atomic E-state index is 0.367. The Morgan fingerprint density at radius 3 is 1.37 bits per heavy atom. The van der Waals surface area contributed by atoms with Gasteiger partial charge in [-0.1, -0.05) is 97.1 Å². The van der Waals surface area contributed by atoms with Gasteiger partial charge in [-0.2, -0.15) is 0 Å². The lowest BCUT2D eigenvalue weighted by Gasteiger charge is -2.21. The van der Waals surface area contributed by atoms with E-state index in [0.717, 1.165) is 84.1 Å². The number of fused-ring (bicyclic) bond motifs is 5. The SMILES string of the molecule is CCN(CC)c1ccc2cc(-c3cccc4c(-c5cccc6c(-c7cc8cc9ccccc9cc8oc7=O)cccc56)cccc34)c(=O)oc2c1. The van der Waals surface area contributed by atoms with Crippen LogP contribution in [0, 0.1) is 0 Å². The minimum Gasteiger partial charge on any atom is -0.422 e. The zero-order valence-electron chi connectivity index (χ0n) is 28.3. The van der Waals surface area contributed by atoms with Gasteiger partial charge in [0.1, 0.15) is 11.2 Å². The zero-order valence-corrected chi connectivity index (χ0v) is 28.3. The van der Waals surface area contributed by atoms with E-state index < -0.39 is 0 Å². The summed E-state index contributed by atoms with van der Waals surface area (Å²) in [5.41, 5.74) is 6.19. The summed E-state index contributed by atoms with van der Waals surface area (Å²) in [4.78, 5) is 29.3. The Balaban J connectivity index is 1.19. The van der Waals surface area contributed by atoms with Crippen LogP contribution < -0.4 is 16.2 Å². The van der Waals surface area contributed by atoms with Crippen LogP contribution in [0.25, 0.3) is 87.6 Å². The molecule has 5 heteroatoms. The summed E-state index contributed by atoms with van der Waals surface area (Å²) >= 11 is 0.